The summed E-state index contributed by atoms with van der Waals surface area (Å²) < 4.78 is 12.8. The van der Waals surface area contributed by atoms with Crippen LogP contribution in [0.5, 0.6) is 11.5 Å². The predicted molar refractivity (Wildman–Crippen MR) is 136 cm³/mol. The van der Waals surface area contributed by atoms with Gasteiger partial charge >= 0.3 is 5.97 Å². The first-order valence-corrected chi connectivity index (χ1v) is 12.5. The van der Waals surface area contributed by atoms with Crippen LogP contribution in [-0.2, 0) is 16.2 Å². The van der Waals surface area contributed by atoms with Crippen LogP contribution in [0.1, 0.15) is 23.2 Å². The number of thioether (sulfide) groups is 1. The summed E-state index contributed by atoms with van der Waals surface area (Å²) in [5.41, 5.74) is 0.667. The molecule has 1 aliphatic rings. The molecule has 1 amide bonds. The second kappa shape index (κ2) is 10.7. The fraction of sp³-hybridized carbons (Fsp3) is 0.238. The second-order valence-electron chi connectivity index (χ2n) is 7.24. The zero-order valence-electron chi connectivity index (χ0n) is 17.9. The third kappa shape index (κ3) is 5.24. The molecule has 1 aromatic heterocycles. The summed E-state index contributed by atoms with van der Waals surface area (Å²) in [7, 11) is 1.52. The van der Waals surface area contributed by atoms with Crippen molar-refractivity contribution < 1.29 is 24.2 Å². The van der Waals surface area contributed by atoms with Crippen LogP contribution in [-0.4, -0.2) is 44.2 Å². The Balaban J connectivity index is 1.74. The molecule has 2 heterocycles. The highest BCUT2D eigenvalue weighted by molar-refractivity contribution is 8.01. The van der Waals surface area contributed by atoms with Gasteiger partial charge in [-0.2, -0.15) is 5.10 Å². The van der Waals surface area contributed by atoms with Gasteiger partial charge in [0.15, 0.2) is 11.6 Å². The van der Waals surface area contributed by atoms with Gasteiger partial charge < -0.3 is 14.6 Å². The second-order valence-corrected chi connectivity index (χ2v) is 10.2. The Bertz CT molecular complexity index is 1330. The summed E-state index contributed by atoms with van der Waals surface area (Å²) in [6.45, 7) is -0.162. The molecule has 9 nitrogen and oxygen atoms in total. The summed E-state index contributed by atoms with van der Waals surface area (Å²) in [5.74, 6) is -0.587. The smallest absolute Gasteiger partial charge is 0.305 e. The number of carbonyl (C=O) groups is 2. The van der Waals surface area contributed by atoms with Crippen LogP contribution < -0.4 is 14.5 Å². The Morgan fingerprint density at radius 1 is 1.26 bits per heavy atom. The van der Waals surface area contributed by atoms with Crippen LogP contribution in [0.25, 0.3) is 0 Å². The molecule has 1 aliphatic heterocycles. The molecule has 0 saturated carbocycles. The maximum absolute atomic E-state index is 13.4. The molecule has 3 aromatic rings. The lowest BCUT2D eigenvalue weighted by atomic mass is 10.2. The molecule has 4 rings (SSSR count). The number of carboxylic acid groups (broad SMARTS) is 1. The van der Waals surface area contributed by atoms with E-state index in [1.54, 1.807) is 24.3 Å². The zero-order chi connectivity index (χ0) is 25.3. The molecule has 0 bridgehead atoms. The molecule has 2 N–H and O–H groups in total. The Morgan fingerprint density at radius 3 is 2.60 bits per heavy atom. The fourth-order valence-corrected chi connectivity index (χ4v) is 6.15. The normalized spacial score (nSPS) is 17.6. The Morgan fingerprint density at radius 2 is 1.94 bits per heavy atom. The van der Waals surface area contributed by atoms with Crippen molar-refractivity contribution in [1.82, 2.24) is 14.9 Å². The molecule has 2 atom stereocenters. The predicted octanol–water partition coefficient (Wildman–Crippen LogP) is 5.24. The number of methoxy groups -OCH3 is 1. The van der Waals surface area contributed by atoms with Crippen molar-refractivity contribution in [1.29, 1.82) is 0 Å². The summed E-state index contributed by atoms with van der Waals surface area (Å²) in [5, 5.41) is 16.8. The van der Waals surface area contributed by atoms with Crippen molar-refractivity contribution in [2.75, 3.05) is 12.1 Å². The van der Waals surface area contributed by atoms with E-state index in [1.165, 1.54) is 40.7 Å². The summed E-state index contributed by atoms with van der Waals surface area (Å²) >= 11 is 25.0. The van der Waals surface area contributed by atoms with Gasteiger partial charge in [0.25, 0.3) is 5.91 Å². The third-order valence-electron chi connectivity index (χ3n) is 5.02. The molecule has 1 fully saturated rings. The minimum atomic E-state index is -1.09. The van der Waals surface area contributed by atoms with Gasteiger partial charge in [0, 0.05) is 10.6 Å². The molecule has 1 saturated heterocycles. The highest BCUT2D eigenvalue weighted by atomic mass is 35.5. The van der Waals surface area contributed by atoms with E-state index in [1.807, 2.05) is 0 Å². The van der Waals surface area contributed by atoms with E-state index in [0.29, 0.717) is 16.3 Å². The zero-order valence-corrected chi connectivity index (χ0v) is 21.8. The van der Waals surface area contributed by atoms with E-state index in [2.05, 4.69) is 10.2 Å². The molecule has 0 aliphatic carbocycles. The third-order valence-corrected chi connectivity index (χ3v) is 7.48. The Labute approximate surface area is 223 Å². The number of amides is 1. The number of aromatic nitrogens is 3. The SMILES string of the molecule is COc1ccccc1C1SC(CC(=O)O)C(=O)N1n1c(COc2c(Cl)cc(Cl)cc2Cl)n[nH]c1=S. The minimum absolute atomic E-state index is 0.113. The quantitative estimate of drug-likeness (QED) is 0.351. The van der Waals surface area contributed by atoms with Crippen LogP contribution >= 0.6 is 58.8 Å². The summed E-state index contributed by atoms with van der Waals surface area (Å²) in [6, 6.07) is 10.1. The average molecular weight is 576 g/mol. The Hall–Kier alpha value is -2.44. The van der Waals surface area contributed by atoms with Gasteiger partial charge in [-0.3, -0.25) is 14.7 Å². The molecular formula is C21H17Cl3N4O5S2. The fourth-order valence-electron chi connectivity index (χ4n) is 3.55. The molecule has 2 unspecified atom stereocenters. The molecule has 0 radical (unpaired) electrons. The number of nitrogens with zero attached hydrogens (tertiary/aromatic N) is 3. The van der Waals surface area contributed by atoms with Gasteiger partial charge in [0.05, 0.1) is 28.8 Å². The van der Waals surface area contributed by atoms with Gasteiger partial charge in [-0.15, -0.1) is 11.8 Å². The van der Waals surface area contributed by atoms with E-state index in [-0.39, 0.29) is 39.4 Å². The van der Waals surface area contributed by atoms with E-state index in [9.17, 15) is 14.7 Å². The number of aromatic amines is 1. The van der Waals surface area contributed by atoms with Crippen molar-refractivity contribution in [2.45, 2.75) is 23.7 Å². The number of hydrogen-bond donors (Lipinski definition) is 2. The highest BCUT2D eigenvalue weighted by Crippen LogP contribution is 2.46. The summed E-state index contributed by atoms with van der Waals surface area (Å²) in [6.07, 6.45) is -0.362. The largest absolute Gasteiger partial charge is 0.496 e. The maximum atomic E-state index is 13.4. The molecule has 35 heavy (non-hydrogen) atoms. The van der Waals surface area contributed by atoms with E-state index in [4.69, 9.17) is 56.5 Å². The number of H-pyrrole nitrogens is 1. The standard InChI is InChI=1S/C21H17Cl3N4O5S2/c1-32-14-5-3-2-4-11(14)20-28(19(31)15(35-20)8-17(29)30)27-16(25-26-21(27)34)9-33-18-12(23)6-10(22)7-13(18)24/h2-7,15,20H,8-9H2,1H3,(H,26,34)(H,29,30). The number of aliphatic carboxylic acids is 1. The van der Waals surface area contributed by atoms with Gasteiger partial charge in [0.1, 0.15) is 17.7 Å². The average Bonchev–Trinajstić information content (AvgIpc) is 3.31. The molecule has 184 valence electrons. The number of nitrogens with one attached hydrogen (secondary N) is 1. The first-order chi connectivity index (χ1) is 16.7. The van der Waals surface area contributed by atoms with Crippen molar-refractivity contribution in [2.24, 2.45) is 0 Å². The van der Waals surface area contributed by atoms with Crippen LogP contribution in [0.2, 0.25) is 15.1 Å². The number of rotatable bonds is 8. The lowest BCUT2D eigenvalue weighted by Crippen LogP contribution is -2.42. The van der Waals surface area contributed by atoms with Crippen LogP contribution in [0.15, 0.2) is 36.4 Å². The van der Waals surface area contributed by atoms with E-state index in [0.717, 1.165) is 0 Å². The first-order valence-electron chi connectivity index (χ1n) is 9.98. The van der Waals surface area contributed by atoms with Gasteiger partial charge in [-0.05, 0) is 30.4 Å². The molecule has 2 aromatic carbocycles. The first kappa shape index (κ1) is 25.6. The van der Waals surface area contributed by atoms with Gasteiger partial charge in [-0.25, -0.2) is 9.69 Å². The number of carbonyl (C=O) groups excluding carboxylic acids is 1. The monoisotopic (exact) mass is 574 g/mol. The summed E-state index contributed by atoms with van der Waals surface area (Å²) in [4.78, 5) is 24.9. The lowest BCUT2D eigenvalue weighted by Gasteiger charge is -2.26. The van der Waals surface area contributed by atoms with E-state index >= 15 is 0 Å². The van der Waals surface area contributed by atoms with Crippen LogP contribution in [0, 0.1) is 4.77 Å². The highest BCUT2D eigenvalue weighted by Gasteiger charge is 2.45. The number of benzene rings is 2. The minimum Gasteiger partial charge on any atom is -0.496 e. The van der Waals surface area contributed by atoms with Crippen molar-refractivity contribution in [3.05, 3.63) is 67.6 Å². The number of carboxylic acids is 1. The number of hydrogen-bond acceptors (Lipinski definition) is 7. The maximum Gasteiger partial charge on any atom is 0.305 e. The molecule has 0 spiro atoms. The van der Waals surface area contributed by atoms with Crippen molar-refractivity contribution in [3.63, 3.8) is 0 Å². The van der Waals surface area contributed by atoms with Gasteiger partial charge in [0.2, 0.25) is 4.77 Å². The molecular weight excluding hydrogens is 559 g/mol. The number of ether oxygens (including phenoxy) is 2. The topological polar surface area (TPSA) is 110 Å². The number of para-hydroxylation sites is 1. The van der Waals surface area contributed by atoms with Gasteiger partial charge in [-0.1, -0.05) is 53.0 Å². The van der Waals surface area contributed by atoms with Crippen molar-refractivity contribution >= 4 is 70.7 Å². The molecule has 14 heteroatoms. The lowest BCUT2D eigenvalue weighted by molar-refractivity contribution is -0.138. The Kier molecular flexibility index (Phi) is 7.82. The van der Waals surface area contributed by atoms with Crippen LogP contribution in [0.3, 0.4) is 0 Å². The van der Waals surface area contributed by atoms with E-state index < -0.39 is 22.5 Å². The van der Waals surface area contributed by atoms with Crippen LogP contribution in [0.4, 0.5) is 0 Å². The number of halogens is 3. The van der Waals surface area contributed by atoms with Crippen molar-refractivity contribution in [3.8, 4) is 11.5 Å².